The van der Waals surface area contributed by atoms with Crippen LogP contribution in [0.4, 0.5) is 4.39 Å². The van der Waals surface area contributed by atoms with Gasteiger partial charge in [0.15, 0.2) is 0 Å². The van der Waals surface area contributed by atoms with Gasteiger partial charge in [-0.05, 0) is 31.9 Å². The molecule has 17 heavy (non-hydrogen) atoms. The van der Waals surface area contributed by atoms with Gasteiger partial charge in [-0.15, -0.1) is 0 Å². The lowest BCUT2D eigenvalue weighted by Crippen LogP contribution is -2.21. The minimum Gasteiger partial charge on any atom is -0.478 e. The van der Waals surface area contributed by atoms with Crippen LogP contribution in [-0.4, -0.2) is 29.6 Å². The fourth-order valence-corrected chi connectivity index (χ4v) is 1.96. The molecule has 0 aromatic heterocycles. The van der Waals surface area contributed by atoms with Crippen LogP contribution in [0.25, 0.3) is 0 Å². The van der Waals surface area contributed by atoms with E-state index in [0.29, 0.717) is 12.1 Å². The molecule has 0 amide bonds. The number of aromatic carboxylic acids is 1. The van der Waals surface area contributed by atoms with Crippen LogP contribution >= 0.6 is 0 Å². The van der Waals surface area contributed by atoms with Crippen molar-refractivity contribution >= 4 is 5.97 Å². The molecule has 1 aliphatic rings. The van der Waals surface area contributed by atoms with E-state index in [2.05, 4.69) is 0 Å². The third kappa shape index (κ3) is 3.03. The Morgan fingerprint density at radius 2 is 2.24 bits per heavy atom. The van der Waals surface area contributed by atoms with Gasteiger partial charge in [0.1, 0.15) is 5.82 Å². The standard InChI is InChI=1S/C13H16FNO2/c1-15(7-9-5-6-9)8-10-3-2-4-11(12(10)14)13(16)17/h2-4,9H,5-8H2,1H3,(H,16,17). The van der Waals surface area contributed by atoms with Crippen LogP contribution in [0.1, 0.15) is 28.8 Å². The summed E-state index contributed by atoms with van der Waals surface area (Å²) in [6.07, 6.45) is 2.50. The van der Waals surface area contributed by atoms with Crippen molar-refractivity contribution in [2.75, 3.05) is 13.6 Å². The maximum Gasteiger partial charge on any atom is 0.338 e. The summed E-state index contributed by atoms with van der Waals surface area (Å²) in [5, 5.41) is 8.83. The summed E-state index contributed by atoms with van der Waals surface area (Å²) in [6, 6.07) is 4.53. The van der Waals surface area contributed by atoms with Crippen molar-refractivity contribution in [2.24, 2.45) is 5.92 Å². The molecule has 1 aliphatic carbocycles. The van der Waals surface area contributed by atoms with Gasteiger partial charge in [0.25, 0.3) is 0 Å². The highest BCUT2D eigenvalue weighted by Crippen LogP contribution is 2.29. The normalized spacial score (nSPS) is 15.2. The number of rotatable bonds is 5. The predicted molar refractivity (Wildman–Crippen MR) is 62.4 cm³/mol. The molecule has 0 heterocycles. The molecule has 1 N–H and O–H groups in total. The SMILES string of the molecule is CN(Cc1cccc(C(=O)O)c1F)CC1CC1. The van der Waals surface area contributed by atoms with Gasteiger partial charge in [-0.2, -0.15) is 0 Å². The Morgan fingerprint density at radius 1 is 1.53 bits per heavy atom. The summed E-state index contributed by atoms with van der Waals surface area (Å²) in [4.78, 5) is 12.8. The molecule has 92 valence electrons. The van der Waals surface area contributed by atoms with Gasteiger partial charge < -0.3 is 10.0 Å². The smallest absolute Gasteiger partial charge is 0.338 e. The van der Waals surface area contributed by atoms with Gasteiger partial charge in [-0.25, -0.2) is 9.18 Å². The van der Waals surface area contributed by atoms with Crippen molar-refractivity contribution in [3.8, 4) is 0 Å². The van der Waals surface area contributed by atoms with Crippen LogP contribution in [0.15, 0.2) is 18.2 Å². The van der Waals surface area contributed by atoms with Gasteiger partial charge in [-0.3, -0.25) is 0 Å². The Balaban J connectivity index is 2.08. The topological polar surface area (TPSA) is 40.5 Å². The van der Waals surface area contributed by atoms with E-state index in [-0.39, 0.29) is 5.56 Å². The highest BCUT2D eigenvalue weighted by molar-refractivity contribution is 5.88. The Kier molecular flexibility index (Phi) is 3.43. The van der Waals surface area contributed by atoms with Crippen LogP contribution in [0, 0.1) is 11.7 Å². The molecule has 4 heteroatoms. The summed E-state index contributed by atoms with van der Waals surface area (Å²) in [6.45, 7) is 1.42. The van der Waals surface area contributed by atoms with E-state index in [1.165, 1.54) is 18.9 Å². The third-order valence-electron chi connectivity index (χ3n) is 3.02. The lowest BCUT2D eigenvalue weighted by Gasteiger charge is -2.17. The molecule has 0 bridgehead atoms. The van der Waals surface area contributed by atoms with Gasteiger partial charge in [0.05, 0.1) is 5.56 Å². The van der Waals surface area contributed by atoms with Crippen LogP contribution in [0.2, 0.25) is 0 Å². The number of hydrogen-bond acceptors (Lipinski definition) is 2. The first kappa shape index (κ1) is 12.0. The minimum atomic E-state index is -1.21. The number of carboxylic acids is 1. The first-order chi connectivity index (χ1) is 8.08. The first-order valence-electron chi connectivity index (χ1n) is 5.77. The third-order valence-corrected chi connectivity index (χ3v) is 3.02. The Labute approximate surface area is 99.9 Å². The minimum absolute atomic E-state index is 0.248. The number of halogens is 1. The molecule has 0 radical (unpaired) electrons. The van der Waals surface area contributed by atoms with Crippen molar-refractivity contribution in [3.05, 3.63) is 35.1 Å². The van der Waals surface area contributed by atoms with Crippen molar-refractivity contribution in [2.45, 2.75) is 19.4 Å². The molecule has 1 aromatic carbocycles. The molecule has 1 fully saturated rings. The highest BCUT2D eigenvalue weighted by atomic mass is 19.1. The predicted octanol–water partition coefficient (Wildman–Crippen LogP) is 2.37. The summed E-state index contributed by atoms with van der Waals surface area (Å²) in [5.41, 5.74) is 0.204. The van der Waals surface area contributed by atoms with Crippen LogP contribution in [-0.2, 0) is 6.54 Å². The Hall–Kier alpha value is -1.42. The molecule has 0 spiro atoms. The van der Waals surface area contributed by atoms with E-state index in [1.54, 1.807) is 12.1 Å². The second-order valence-corrected chi connectivity index (χ2v) is 4.72. The molecule has 0 unspecified atom stereocenters. The van der Waals surface area contributed by atoms with E-state index in [4.69, 9.17) is 5.11 Å². The highest BCUT2D eigenvalue weighted by Gasteiger charge is 2.23. The van der Waals surface area contributed by atoms with Gasteiger partial charge in [-0.1, -0.05) is 12.1 Å². The molecular formula is C13H16FNO2. The van der Waals surface area contributed by atoms with E-state index < -0.39 is 11.8 Å². The summed E-state index contributed by atoms with van der Waals surface area (Å²) in [7, 11) is 1.94. The lowest BCUT2D eigenvalue weighted by molar-refractivity contribution is 0.0691. The van der Waals surface area contributed by atoms with E-state index in [0.717, 1.165) is 12.5 Å². The Morgan fingerprint density at radius 3 is 2.82 bits per heavy atom. The zero-order valence-corrected chi connectivity index (χ0v) is 9.82. The molecule has 2 rings (SSSR count). The average molecular weight is 237 g/mol. The molecule has 1 aromatic rings. The number of carboxylic acid groups (broad SMARTS) is 1. The van der Waals surface area contributed by atoms with Crippen LogP contribution < -0.4 is 0 Å². The molecule has 3 nitrogen and oxygen atoms in total. The van der Waals surface area contributed by atoms with Crippen molar-refractivity contribution in [3.63, 3.8) is 0 Å². The number of hydrogen-bond donors (Lipinski definition) is 1. The van der Waals surface area contributed by atoms with Crippen molar-refractivity contribution < 1.29 is 14.3 Å². The van der Waals surface area contributed by atoms with Gasteiger partial charge in [0.2, 0.25) is 0 Å². The number of benzene rings is 1. The zero-order chi connectivity index (χ0) is 12.4. The summed E-state index contributed by atoms with van der Waals surface area (Å²) < 4.78 is 13.8. The quantitative estimate of drug-likeness (QED) is 0.854. The summed E-state index contributed by atoms with van der Waals surface area (Å²) >= 11 is 0. The fraction of sp³-hybridized carbons (Fsp3) is 0.462. The largest absolute Gasteiger partial charge is 0.478 e. The first-order valence-corrected chi connectivity index (χ1v) is 5.77. The molecule has 0 saturated heterocycles. The molecule has 1 saturated carbocycles. The summed E-state index contributed by atoms with van der Waals surface area (Å²) in [5.74, 6) is -1.08. The monoisotopic (exact) mass is 237 g/mol. The number of carbonyl (C=O) groups is 1. The molecule has 0 atom stereocenters. The number of nitrogens with zero attached hydrogens (tertiary/aromatic N) is 1. The van der Waals surface area contributed by atoms with Gasteiger partial charge >= 0.3 is 5.97 Å². The lowest BCUT2D eigenvalue weighted by atomic mass is 10.1. The van der Waals surface area contributed by atoms with Crippen molar-refractivity contribution in [1.82, 2.24) is 4.90 Å². The van der Waals surface area contributed by atoms with E-state index >= 15 is 0 Å². The second-order valence-electron chi connectivity index (χ2n) is 4.72. The average Bonchev–Trinajstić information content (AvgIpc) is 3.04. The Bertz CT molecular complexity index is 429. The van der Waals surface area contributed by atoms with Crippen LogP contribution in [0.3, 0.4) is 0 Å². The van der Waals surface area contributed by atoms with E-state index in [1.807, 2.05) is 11.9 Å². The molecule has 0 aliphatic heterocycles. The van der Waals surface area contributed by atoms with Crippen LogP contribution in [0.5, 0.6) is 0 Å². The molecular weight excluding hydrogens is 221 g/mol. The fourth-order valence-electron chi connectivity index (χ4n) is 1.96. The zero-order valence-electron chi connectivity index (χ0n) is 9.82. The van der Waals surface area contributed by atoms with E-state index in [9.17, 15) is 9.18 Å². The maximum atomic E-state index is 13.8. The second kappa shape index (κ2) is 4.84. The van der Waals surface area contributed by atoms with Crippen molar-refractivity contribution in [1.29, 1.82) is 0 Å². The van der Waals surface area contributed by atoms with Gasteiger partial charge in [0, 0.05) is 18.7 Å². The maximum absolute atomic E-state index is 13.8.